The number of ether oxygens (including phenoxy) is 1. The first-order chi connectivity index (χ1) is 17.2. The van der Waals surface area contributed by atoms with Gasteiger partial charge in [0.15, 0.2) is 0 Å². The topological polar surface area (TPSA) is 144 Å². The minimum Gasteiger partial charge on any atom is -0.465 e. The number of hydrogen-bond donors (Lipinski definition) is 1. The lowest BCUT2D eigenvalue weighted by Crippen LogP contribution is -2.41. The van der Waals surface area contributed by atoms with Crippen molar-refractivity contribution < 1.29 is 19.1 Å². The number of aromatic nitrogens is 2. The molecule has 0 aliphatic rings. The third-order valence-corrected chi connectivity index (χ3v) is 5.87. The number of fused-ring (bicyclic) bond motifs is 1. The lowest BCUT2D eigenvalue weighted by molar-refractivity contribution is -0.122. The summed E-state index contributed by atoms with van der Waals surface area (Å²) in [5.74, 6) is -1.90. The fourth-order valence-corrected chi connectivity index (χ4v) is 4.07. The van der Waals surface area contributed by atoms with Crippen molar-refractivity contribution in [3.8, 4) is 6.07 Å². The van der Waals surface area contributed by atoms with E-state index in [0.29, 0.717) is 11.2 Å². The largest absolute Gasteiger partial charge is 0.465 e. The number of carbonyl (C=O) groups excluding carboxylic acids is 3. The molecule has 0 unspecified atom stereocenters. The van der Waals surface area contributed by atoms with Crippen LogP contribution in [0.3, 0.4) is 0 Å². The van der Waals surface area contributed by atoms with Gasteiger partial charge in [-0.3, -0.25) is 18.7 Å². The molecule has 0 bridgehead atoms. The highest BCUT2D eigenvalue weighted by molar-refractivity contribution is 5.99. The molecule has 3 aromatic rings. The van der Waals surface area contributed by atoms with Crippen LogP contribution >= 0.6 is 0 Å². The van der Waals surface area contributed by atoms with Crippen LogP contribution in [0.5, 0.6) is 0 Å². The Hall–Kier alpha value is -4.59. The summed E-state index contributed by atoms with van der Waals surface area (Å²) in [6.45, 7) is 4.61. The quantitative estimate of drug-likeness (QED) is 0.422. The first-order valence-corrected chi connectivity index (χ1v) is 11.4. The van der Waals surface area contributed by atoms with Crippen molar-refractivity contribution in [1.29, 1.82) is 5.26 Å². The Morgan fingerprint density at radius 2 is 1.64 bits per heavy atom. The summed E-state index contributed by atoms with van der Waals surface area (Å²) in [6, 6.07) is 13.5. The second-order valence-electron chi connectivity index (χ2n) is 7.94. The molecule has 0 spiro atoms. The number of carbonyl (C=O) groups is 3. The number of benzene rings is 2. The van der Waals surface area contributed by atoms with Crippen molar-refractivity contribution in [2.24, 2.45) is 5.73 Å². The first-order valence-electron chi connectivity index (χ1n) is 11.4. The molecule has 36 heavy (non-hydrogen) atoms. The molecule has 11 nitrogen and oxygen atoms in total. The van der Waals surface area contributed by atoms with E-state index in [2.05, 4.69) is 4.90 Å². The van der Waals surface area contributed by atoms with Gasteiger partial charge in [-0.05, 0) is 56.3 Å². The molecule has 2 amide bonds. The van der Waals surface area contributed by atoms with E-state index in [9.17, 15) is 24.4 Å². The van der Waals surface area contributed by atoms with E-state index in [-0.39, 0.29) is 24.2 Å². The second-order valence-corrected chi connectivity index (χ2v) is 7.94. The van der Waals surface area contributed by atoms with Crippen LogP contribution in [-0.4, -0.2) is 53.7 Å². The number of methoxy groups -OCH3 is 1. The molecular weight excluding hydrogens is 464 g/mol. The highest BCUT2D eigenvalue weighted by Gasteiger charge is 2.23. The lowest BCUT2D eigenvalue weighted by atomic mass is 10.2. The van der Waals surface area contributed by atoms with Gasteiger partial charge in [-0.15, -0.1) is 0 Å². The van der Waals surface area contributed by atoms with Crippen molar-refractivity contribution >= 4 is 40.2 Å². The molecule has 188 valence electrons. The molecule has 2 N–H and O–H groups in total. The van der Waals surface area contributed by atoms with Crippen molar-refractivity contribution in [2.45, 2.75) is 26.9 Å². The van der Waals surface area contributed by atoms with E-state index in [1.54, 1.807) is 12.1 Å². The van der Waals surface area contributed by atoms with Crippen molar-refractivity contribution in [3.05, 3.63) is 58.5 Å². The number of imidazole rings is 1. The number of amides is 2. The normalized spacial score (nSPS) is 10.6. The number of rotatable bonds is 10. The van der Waals surface area contributed by atoms with Gasteiger partial charge in [-0.25, -0.2) is 9.59 Å². The third kappa shape index (κ3) is 5.22. The van der Waals surface area contributed by atoms with E-state index in [4.69, 9.17) is 10.5 Å². The van der Waals surface area contributed by atoms with Gasteiger partial charge in [0.25, 0.3) is 0 Å². The molecule has 0 aliphatic heterocycles. The van der Waals surface area contributed by atoms with Crippen LogP contribution in [0.2, 0.25) is 0 Å². The van der Waals surface area contributed by atoms with Gasteiger partial charge in [-0.1, -0.05) is 0 Å². The number of nitrogens with zero attached hydrogens (tertiary/aromatic N) is 5. The first kappa shape index (κ1) is 26.0. The van der Waals surface area contributed by atoms with Gasteiger partial charge in [0.1, 0.15) is 19.6 Å². The maximum absolute atomic E-state index is 13.4. The molecule has 1 heterocycles. The molecule has 0 saturated heterocycles. The summed E-state index contributed by atoms with van der Waals surface area (Å²) in [7, 11) is 1.23. The van der Waals surface area contributed by atoms with Crippen LogP contribution in [0.1, 0.15) is 24.2 Å². The Kier molecular flexibility index (Phi) is 8.11. The second kappa shape index (κ2) is 11.2. The number of nitrogens with two attached hydrogens (primary N) is 1. The summed E-state index contributed by atoms with van der Waals surface area (Å²) in [5.41, 5.74) is 7.06. The summed E-state index contributed by atoms with van der Waals surface area (Å²) < 4.78 is 7.13. The van der Waals surface area contributed by atoms with Crippen molar-refractivity contribution in [3.63, 3.8) is 0 Å². The summed E-state index contributed by atoms with van der Waals surface area (Å²) in [5, 5.41) is 9.19. The SMILES string of the molecule is CCN(CC)c1ccc(N(CC(N)=O)C(=O)Cn2c(=O)n(CC#N)c3ccc(C(=O)OC)cc32)cc1. The van der Waals surface area contributed by atoms with E-state index >= 15 is 0 Å². The van der Waals surface area contributed by atoms with E-state index in [0.717, 1.165) is 18.8 Å². The van der Waals surface area contributed by atoms with Crippen molar-refractivity contribution in [2.75, 3.05) is 36.5 Å². The van der Waals surface area contributed by atoms with Crippen LogP contribution < -0.4 is 21.2 Å². The number of nitriles is 1. The Bertz CT molecular complexity index is 1380. The van der Waals surface area contributed by atoms with E-state index < -0.39 is 30.0 Å². The molecule has 0 atom stereocenters. The number of anilines is 2. The monoisotopic (exact) mass is 492 g/mol. The fraction of sp³-hybridized carbons (Fsp3) is 0.320. The third-order valence-electron chi connectivity index (χ3n) is 5.87. The Morgan fingerprint density at radius 1 is 1.00 bits per heavy atom. The predicted molar refractivity (Wildman–Crippen MR) is 135 cm³/mol. The fourth-order valence-electron chi connectivity index (χ4n) is 4.07. The van der Waals surface area contributed by atoms with Gasteiger partial charge < -0.3 is 20.3 Å². The molecule has 1 aromatic heterocycles. The maximum atomic E-state index is 13.4. The zero-order chi connectivity index (χ0) is 26.4. The average Bonchev–Trinajstić information content (AvgIpc) is 3.13. The van der Waals surface area contributed by atoms with Crippen LogP contribution in [0.15, 0.2) is 47.3 Å². The van der Waals surface area contributed by atoms with E-state index in [1.807, 2.05) is 32.0 Å². The molecule has 0 aliphatic carbocycles. The zero-order valence-electron chi connectivity index (χ0n) is 20.4. The van der Waals surface area contributed by atoms with Gasteiger partial charge in [0.2, 0.25) is 11.8 Å². The molecule has 0 radical (unpaired) electrons. The van der Waals surface area contributed by atoms with E-state index in [1.165, 1.54) is 39.3 Å². The predicted octanol–water partition coefficient (Wildman–Crippen LogP) is 1.48. The Balaban J connectivity index is 2.04. The molecule has 0 fully saturated rings. The molecule has 2 aromatic carbocycles. The molecule has 11 heteroatoms. The standard InChI is InChI=1S/C25H28N6O5/c1-4-28(5-2)18-7-9-19(10-8-18)30(15-22(27)32)23(33)16-31-21-14-17(24(34)36-3)6-11-20(21)29(13-12-26)25(31)35/h6-11,14H,4-5,13,15-16H2,1-3H3,(H2,27,32). The van der Waals surface area contributed by atoms with Crippen LogP contribution in [0.4, 0.5) is 11.4 Å². The number of primary amides is 1. The van der Waals surface area contributed by atoms with Crippen LogP contribution in [0.25, 0.3) is 11.0 Å². The molecule has 3 rings (SSSR count). The smallest absolute Gasteiger partial charge is 0.337 e. The van der Waals surface area contributed by atoms with Crippen LogP contribution in [-0.2, 0) is 27.4 Å². The maximum Gasteiger partial charge on any atom is 0.337 e. The summed E-state index contributed by atoms with van der Waals surface area (Å²) >= 11 is 0. The van der Waals surface area contributed by atoms with Gasteiger partial charge in [0, 0.05) is 24.5 Å². The zero-order valence-corrected chi connectivity index (χ0v) is 20.4. The minimum atomic E-state index is -0.719. The molecule has 0 saturated carbocycles. The van der Waals surface area contributed by atoms with Gasteiger partial charge >= 0.3 is 11.7 Å². The summed E-state index contributed by atoms with van der Waals surface area (Å²) in [4.78, 5) is 53.7. The van der Waals surface area contributed by atoms with Gasteiger partial charge in [-0.2, -0.15) is 5.26 Å². The summed E-state index contributed by atoms with van der Waals surface area (Å²) in [6.07, 6.45) is 0. The number of hydrogen-bond acceptors (Lipinski definition) is 7. The highest BCUT2D eigenvalue weighted by atomic mass is 16.5. The number of esters is 1. The Morgan fingerprint density at radius 3 is 2.19 bits per heavy atom. The Labute approximate surface area is 207 Å². The van der Waals surface area contributed by atoms with Gasteiger partial charge in [0.05, 0.1) is 29.8 Å². The van der Waals surface area contributed by atoms with Crippen molar-refractivity contribution in [1.82, 2.24) is 9.13 Å². The average molecular weight is 493 g/mol. The van der Waals surface area contributed by atoms with Crippen LogP contribution in [0, 0.1) is 11.3 Å². The minimum absolute atomic E-state index is 0.182. The lowest BCUT2D eigenvalue weighted by Gasteiger charge is -2.24. The highest BCUT2D eigenvalue weighted by Crippen LogP contribution is 2.22. The molecular formula is C25H28N6O5.